The van der Waals surface area contributed by atoms with Crippen LogP contribution < -0.4 is 4.90 Å². The molecule has 3 rings (SSSR count). The molecule has 0 spiro atoms. The van der Waals surface area contributed by atoms with Gasteiger partial charge in [-0.15, -0.1) is 5.10 Å². The first-order valence-electron chi connectivity index (χ1n) is 7.94. The number of benzene rings is 2. The van der Waals surface area contributed by atoms with Crippen molar-refractivity contribution in [1.29, 1.82) is 0 Å². The number of hydrogen-bond donors (Lipinski definition) is 0. The second kappa shape index (κ2) is 6.83. The van der Waals surface area contributed by atoms with Gasteiger partial charge in [-0.2, -0.15) is 5.01 Å². The summed E-state index contributed by atoms with van der Waals surface area (Å²) in [6.07, 6.45) is -0.849. The number of hydrazone groups is 1. The minimum atomic E-state index is -0.849. The molecule has 0 aromatic heterocycles. The summed E-state index contributed by atoms with van der Waals surface area (Å²) in [5.74, 6) is -0.0228. The number of rotatable bonds is 4. The molecule has 2 aromatic carbocycles. The van der Waals surface area contributed by atoms with E-state index in [4.69, 9.17) is 4.74 Å². The molecular weight excluding hydrogens is 336 g/mol. The lowest BCUT2D eigenvalue weighted by Crippen LogP contribution is -2.25. The Morgan fingerprint density at radius 1 is 1.23 bits per heavy atom. The molecular formula is C18H18N4O4. The molecule has 0 unspecified atom stereocenters. The Balaban J connectivity index is 2.00. The van der Waals surface area contributed by atoms with Gasteiger partial charge in [-0.05, 0) is 18.2 Å². The van der Waals surface area contributed by atoms with Crippen LogP contribution in [0.4, 0.5) is 11.4 Å². The summed E-state index contributed by atoms with van der Waals surface area (Å²) in [6, 6.07) is 13.9. The first kappa shape index (κ1) is 17.4. The molecule has 1 aliphatic heterocycles. The van der Waals surface area contributed by atoms with Gasteiger partial charge in [0.05, 0.1) is 4.92 Å². The highest BCUT2D eigenvalue weighted by Crippen LogP contribution is 2.35. The number of anilines is 1. The Hall–Kier alpha value is -3.42. The predicted molar refractivity (Wildman–Crippen MR) is 96.7 cm³/mol. The first-order valence-corrected chi connectivity index (χ1v) is 7.94. The Kier molecular flexibility index (Phi) is 4.57. The van der Waals surface area contributed by atoms with E-state index >= 15 is 0 Å². The average molecular weight is 354 g/mol. The van der Waals surface area contributed by atoms with E-state index in [2.05, 4.69) is 5.10 Å². The molecule has 0 radical (unpaired) electrons. The van der Waals surface area contributed by atoms with E-state index in [9.17, 15) is 14.9 Å². The van der Waals surface area contributed by atoms with Crippen molar-refractivity contribution in [3.63, 3.8) is 0 Å². The summed E-state index contributed by atoms with van der Waals surface area (Å²) in [7, 11) is 3.46. The molecule has 1 atom stereocenters. The second-order valence-corrected chi connectivity index (χ2v) is 6.00. The minimum Gasteiger partial charge on any atom is -0.446 e. The summed E-state index contributed by atoms with van der Waals surface area (Å²) < 4.78 is 5.86. The number of ether oxygens (including phenoxy) is 1. The highest BCUT2D eigenvalue weighted by molar-refractivity contribution is 5.96. The van der Waals surface area contributed by atoms with Crippen molar-refractivity contribution in [2.75, 3.05) is 19.0 Å². The minimum absolute atomic E-state index is 0.0623. The Labute approximate surface area is 150 Å². The maximum absolute atomic E-state index is 12.0. The standard InChI is InChI=1S/C18H18N4O4/c1-12(23)21-18(26-17(19-21)13-7-5-4-6-8-13)14-9-10-15(20(2)3)16(11-14)22(24)25/h4-11,18H,1-3H3/t18-/m0/s1. The maximum atomic E-state index is 12.0. The van der Waals surface area contributed by atoms with Gasteiger partial charge < -0.3 is 9.64 Å². The Bertz CT molecular complexity index is 880. The summed E-state index contributed by atoms with van der Waals surface area (Å²) >= 11 is 0. The number of nitro groups is 1. The third-order valence-electron chi connectivity index (χ3n) is 3.95. The van der Waals surface area contributed by atoms with Crippen LogP contribution in [0.25, 0.3) is 0 Å². The molecule has 1 aliphatic rings. The molecule has 8 nitrogen and oxygen atoms in total. The zero-order valence-corrected chi connectivity index (χ0v) is 14.6. The van der Waals surface area contributed by atoms with E-state index in [0.29, 0.717) is 17.1 Å². The highest BCUT2D eigenvalue weighted by Gasteiger charge is 2.34. The van der Waals surface area contributed by atoms with Gasteiger partial charge >= 0.3 is 0 Å². The molecule has 0 N–H and O–H groups in total. The van der Waals surface area contributed by atoms with Crippen molar-refractivity contribution in [3.05, 3.63) is 69.8 Å². The fourth-order valence-electron chi connectivity index (χ4n) is 2.70. The summed E-state index contributed by atoms with van der Waals surface area (Å²) in [5, 5.41) is 16.9. The van der Waals surface area contributed by atoms with Crippen LogP contribution in [0.2, 0.25) is 0 Å². The number of nitro benzene ring substituents is 1. The smallest absolute Gasteiger partial charge is 0.292 e. The Morgan fingerprint density at radius 2 is 1.92 bits per heavy atom. The molecule has 1 amide bonds. The third kappa shape index (κ3) is 3.21. The molecule has 0 aliphatic carbocycles. The van der Waals surface area contributed by atoms with Crippen molar-refractivity contribution in [3.8, 4) is 0 Å². The van der Waals surface area contributed by atoms with E-state index in [-0.39, 0.29) is 11.6 Å². The van der Waals surface area contributed by atoms with Crippen LogP contribution in [0.5, 0.6) is 0 Å². The normalized spacial score (nSPS) is 16.0. The Morgan fingerprint density at radius 3 is 2.50 bits per heavy atom. The van der Waals surface area contributed by atoms with Gasteiger partial charge in [0.1, 0.15) is 5.69 Å². The van der Waals surface area contributed by atoms with Gasteiger partial charge in [-0.3, -0.25) is 14.9 Å². The first-order chi connectivity index (χ1) is 12.4. The van der Waals surface area contributed by atoms with Gasteiger partial charge in [-0.1, -0.05) is 24.3 Å². The van der Waals surface area contributed by atoms with Gasteiger partial charge in [0, 0.05) is 38.2 Å². The largest absolute Gasteiger partial charge is 0.446 e. The fraction of sp³-hybridized carbons (Fsp3) is 0.222. The highest BCUT2D eigenvalue weighted by atomic mass is 16.6. The lowest BCUT2D eigenvalue weighted by atomic mass is 10.1. The number of amides is 1. The van der Waals surface area contributed by atoms with Crippen LogP contribution in [0, 0.1) is 10.1 Å². The molecule has 26 heavy (non-hydrogen) atoms. The molecule has 0 saturated heterocycles. The zero-order valence-electron chi connectivity index (χ0n) is 14.6. The molecule has 0 saturated carbocycles. The number of hydrogen-bond acceptors (Lipinski definition) is 6. The molecule has 2 aromatic rings. The van der Waals surface area contributed by atoms with Crippen LogP contribution in [0.15, 0.2) is 53.6 Å². The van der Waals surface area contributed by atoms with E-state index in [1.54, 1.807) is 31.1 Å². The van der Waals surface area contributed by atoms with Crippen molar-refractivity contribution >= 4 is 23.2 Å². The topological polar surface area (TPSA) is 88.3 Å². The van der Waals surface area contributed by atoms with Crippen molar-refractivity contribution in [1.82, 2.24) is 5.01 Å². The lowest BCUT2D eigenvalue weighted by Gasteiger charge is -2.20. The summed E-state index contributed by atoms with van der Waals surface area (Å²) in [4.78, 5) is 24.6. The molecule has 1 heterocycles. The monoisotopic (exact) mass is 354 g/mol. The van der Waals surface area contributed by atoms with Crippen LogP contribution in [-0.4, -0.2) is 35.8 Å². The maximum Gasteiger partial charge on any atom is 0.292 e. The van der Waals surface area contributed by atoms with Crippen molar-refractivity contribution < 1.29 is 14.5 Å². The van der Waals surface area contributed by atoms with E-state index in [1.807, 2.05) is 30.3 Å². The van der Waals surface area contributed by atoms with Crippen molar-refractivity contribution in [2.24, 2.45) is 5.10 Å². The van der Waals surface area contributed by atoms with Crippen LogP contribution in [0.3, 0.4) is 0 Å². The molecule has 0 fully saturated rings. The molecule has 8 heteroatoms. The SMILES string of the molecule is CC(=O)N1N=C(c2ccccc2)O[C@H]1c1ccc(N(C)C)c([N+](=O)[O-])c1. The van der Waals surface area contributed by atoms with E-state index in [1.165, 1.54) is 18.0 Å². The number of nitrogens with zero attached hydrogens (tertiary/aromatic N) is 4. The van der Waals surface area contributed by atoms with Gasteiger partial charge in [0.15, 0.2) is 0 Å². The number of carbonyl (C=O) groups excluding carboxylic acids is 1. The molecule has 0 bridgehead atoms. The van der Waals surface area contributed by atoms with Crippen LogP contribution in [0.1, 0.15) is 24.3 Å². The third-order valence-corrected chi connectivity index (χ3v) is 3.95. The predicted octanol–water partition coefficient (Wildman–Crippen LogP) is 2.90. The van der Waals surface area contributed by atoms with Crippen LogP contribution in [-0.2, 0) is 9.53 Å². The quantitative estimate of drug-likeness (QED) is 0.622. The average Bonchev–Trinajstić information content (AvgIpc) is 3.07. The van der Waals surface area contributed by atoms with E-state index < -0.39 is 11.2 Å². The van der Waals surface area contributed by atoms with Crippen molar-refractivity contribution in [2.45, 2.75) is 13.2 Å². The zero-order chi connectivity index (χ0) is 18.8. The van der Waals surface area contributed by atoms with Crippen LogP contribution >= 0.6 is 0 Å². The van der Waals surface area contributed by atoms with Gasteiger partial charge in [-0.25, -0.2) is 0 Å². The van der Waals surface area contributed by atoms with Gasteiger partial charge in [0.25, 0.3) is 5.69 Å². The fourth-order valence-corrected chi connectivity index (χ4v) is 2.70. The van der Waals surface area contributed by atoms with Gasteiger partial charge in [0.2, 0.25) is 18.0 Å². The lowest BCUT2D eigenvalue weighted by molar-refractivity contribution is -0.384. The summed E-state index contributed by atoms with van der Waals surface area (Å²) in [5.41, 5.74) is 1.61. The number of carbonyl (C=O) groups is 1. The summed E-state index contributed by atoms with van der Waals surface area (Å²) in [6.45, 7) is 1.37. The van der Waals surface area contributed by atoms with E-state index in [0.717, 1.165) is 5.56 Å². The second-order valence-electron chi connectivity index (χ2n) is 6.00. The molecule has 134 valence electrons.